The molecule has 0 atom stereocenters. The van der Waals surface area contributed by atoms with E-state index in [1.54, 1.807) is 0 Å². The van der Waals surface area contributed by atoms with Crippen LogP contribution in [0.5, 0.6) is 5.75 Å². The van der Waals surface area contributed by atoms with Crippen molar-refractivity contribution in [3.63, 3.8) is 0 Å². The number of sulfonamides is 1. The van der Waals surface area contributed by atoms with Crippen LogP contribution in [0.2, 0.25) is 0 Å². The number of nitrogens with one attached hydrogen (secondary N) is 2. The lowest BCUT2D eigenvalue weighted by atomic mass is 9.92. The average Bonchev–Trinajstić information content (AvgIpc) is 2.34. The molecule has 1 heterocycles. The van der Waals surface area contributed by atoms with Gasteiger partial charge in [-0.3, -0.25) is 15.2 Å². The Morgan fingerprint density at radius 2 is 1.95 bits per heavy atom. The fourth-order valence-corrected chi connectivity index (χ4v) is 2.43. The highest BCUT2D eigenvalue weighted by Crippen LogP contribution is 2.18. The second kappa shape index (κ2) is 7.06. The van der Waals surface area contributed by atoms with Crippen LogP contribution < -0.4 is 15.0 Å². The van der Waals surface area contributed by atoms with Gasteiger partial charge in [0.15, 0.2) is 0 Å². The number of amides is 1. The number of carbonyl (C=O) groups is 1. The number of pyridine rings is 1. The van der Waals surface area contributed by atoms with Crippen LogP contribution in [0.3, 0.4) is 0 Å². The van der Waals surface area contributed by atoms with E-state index < -0.39 is 15.9 Å². The molecule has 0 aliphatic heterocycles. The lowest BCUT2D eigenvalue weighted by Crippen LogP contribution is -2.42. The molecule has 7 nitrogen and oxygen atoms in total. The molecular weight excluding hydrogens is 306 g/mol. The van der Waals surface area contributed by atoms with Crippen molar-refractivity contribution in [2.24, 2.45) is 5.41 Å². The summed E-state index contributed by atoms with van der Waals surface area (Å²) in [7, 11) is -3.89. The summed E-state index contributed by atoms with van der Waals surface area (Å²) in [4.78, 5) is 17.5. The van der Waals surface area contributed by atoms with Gasteiger partial charge in [-0.25, -0.2) is 8.42 Å². The van der Waals surface area contributed by atoms with Crippen LogP contribution in [0.4, 0.5) is 0 Å². The molecule has 0 bridgehead atoms. The number of hydrogen-bond acceptors (Lipinski definition) is 5. The fraction of sp³-hybridized carbons (Fsp3) is 0.571. The summed E-state index contributed by atoms with van der Waals surface area (Å²) in [6.07, 6.45) is 2.71. The highest BCUT2D eigenvalue weighted by atomic mass is 32.2. The van der Waals surface area contributed by atoms with E-state index in [1.165, 1.54) is 18.5 Å². The first kappa shape index (κ1) is 18.4. The molecule has 0 spiro atoms. The van der Waals surface area contributed by atoms with E-state index in [0.717, 1.165) is 0 Å². The molecule has 0 aliphatic carbocycles. The number of aromatic nitrogens is 1. The molecule has 1 aromatic heterocycles. The molecule has 124 valence electrons. The molecule has 0 aromatic carbocycles. The van der Waals surface area contributed by atoms with Gasteiger partial charge >= 0.3 is 0 Å². The van der Waals surface area contributed by atoms with E-state index >= 15 is 0 Å². The third-order valence-electron chi connectivity index (χ3n) is 2.39. The Bertz CT molecular complexity index is 621. The Morgan fingerprint density at radius 1 is 1.32 bits per heavy atom. The number of rotatable bonds is 6. The van der Waals surface area contributed by atoms with E-state index in [2.05, 4.69) is 15.2 Å². The van der Waals surface area contributed by atoms with Crippen molar-refractivity contribution in [3.05, 3.63) is 18.5 Å². The molecule has 0 saturated carbocycles. The minimum Gasteiger partial charge on any atom is -0.489 e. The minimum absolute atomic E-state index is 0.0818. The van der Waals surface area contributed by atoms with Gasteiger partial charge in [-0.1, -0.05) is 20.8 Å². The van der Waals surface area contributed by atoms with Crippen LogP contribution in [-0.4, -0.2) is 25.4 Å². The predicted octanol–water partition coefficient (Wildman–Crippen LogP) is 1.61. The predicted molar refractivity (Wildman–Crippen MR) is 82.5 cm³/mol. The van der Waals surface area contributed by atoms with Crippen LogP contribution in [-0.2, 0) is 14.8 Å². The third kappa shape index (κ3) is 6.40. The smallest absolute Gasteiger partial charge is 0.259 e. The first-order valence-electron chi connectivity index (χ1n) is 6.92. The molecular formula is C14H23N3O4S. The zero-order chi connectivity index (χ0) is 17.0. The zero-order valence-corrected chi connectivity index (χ0v) is 14.3. The molecule has 0 unspecified atom stereocenters. The monoisotopic (exact) mass is 329 g/mol. The van der Waals surface area contributed by atoms with Gasteiger partial charge in [0.05, 0.1) is 12.3 Å². The Kier molecular flexibility index (Phi) is 5.90. The maximum absolute atomic E-state index is 12.1. The van der Waals surface area contributed by atoms with Crippen molar-refractivity contribution in [3.8, 4) is 5.75 Å². The minimum atomic E-state index is -3.89. The summed E-state index contributed by atoms with van der Waals surface area (Å²) < 4.78 is 29.6. The van der Waals surface area contributed by atoms with Gasteiger partial charge in [-0.15, -0.1) is 4.83 Å². The zero-order valence-electron chi connectivity index (χ0n) is 13.5. The van der Waals surface area contributed by atoms with Gasteiger partial charge in [0.25, 0.3) is 10.0 Å². The Morgan fingerprint density at radius 3 is 2.50 bits per heavy atom. The molecule has 0 radical (unpaired) electrons. The van der Waals surface area contributed by atoms with Crippen molar-refractivity contribution in [1.29, 1.82) is 0 Å². The molecule has 0 saturated heterocycles. The van der Waals surface area contributed by atoms with Crippen molar-refractivity contribution in [2.45, 2.75) is 52.0 Å². The molecule has 22 heavy (non-hydrogen) atoms. The van der Waals surface area contributed by atoms with Gasteiger partial charge < -0.3 is 4.74 Å². The molecule has 8 heteroatoms. The maximum Gasteiger partial charge on any atom is 0.259 e. The maximum atomic E-state index is 12.1. The molecule has 1 rings (SSSR count). The number of hydrogen-bond donors (Lipinski definition) is 2. The van der Waals surface area contributed by atoms with Crippen LogP contribution >= 0.6 is 0 Å². The van der Waals surface area contributed by atoms with Crippen LogP contribution in [0, 0.1) is 5.41 Å². The lowest BCUT2D eigenvalue weighted by Gasteiger charge is -2.17. The second-order valence-corrected chi connectivity index (χ2v) is 8.10. The number of carbonyl (C=O) groups excluding carboxylic acids is 1. The van der Waals surface area contributed by atoms with Crippen LogP contribution in [0.25, 0.3) is 0 Å². The molecule has 0 aliphatic rings. The van der Waals surface area contributed by atoms with Crippen molar-refractivity contribution in [1.82, 2.24) is 15.2 Å². The third-order valence-corrected chi connectivity index (χ3v) is 3.60. The SMILES string of the molecule is CC(C)Oc1cncc(S(=O)(=O)NNC(=O)CC(C)(C)C)c1. The summed E-state index contributed by atoms with van der Waals surface area (Å²) in [6, 6.07) is 1.35. The van der Waals surface area contributed by atoms with Crippen LogP contribution in [0.1, 0.15) is 41.0 Å². The molecule has 1 aromatic rings. The normalized spacial score (nSPS) is 12.3. The highest BCUT2D eigenvalue weighted by Gasteiger charge is 2.20. The van der Waals surface area contributed by atoms with Gasteiger partial charge in [0.1, 0.15) is 10.6 Å². The largest absolute Gasteiger partial charge is 0.489 e. The van der Waals surface area contributed by atoms with E-state index in [9.17, 15) is 13.2 Å². The number of nitrogens with zero attached hydrogens (tertiary/aromatic N) is 1. The van der Waals surface area contributed by atoms with Gasteiger partial charge in [-0.2, -0.15) is 0 Å². The quantitative estimate of drug-likeness (QED) is 0.773. The Labute approximate surface area is 131 Å². The standard InChI is InChI=1S/C14H23N3O4S/c1-10(2)21-11-6-12(9-15-8-11)22(19,20)17-16-13(18)7-14(3,4)5/h6,8-10,17H,7H2,1-5H3,(H,16,18). The topological polar surface area (TPSA) is 97.4 Å². The summed E-state index contributed by atoms with van der Waals surface area (Å²) >= 11 is 0. The summed E-state index contributed by atoms with van der Waals surface area (Å²) in [5.41, 5.74) is 1.96. The Hall–Kier alpha value is -1.67. The fourth-order valence-electron chi connectivity index (χ4n) is 1.59. The summed E-state index contributed by atoms with van der Waals surface area (Å²) in [5.74, 6) is -0.0579. The highest BCUT2D eigenvalue weighted by molar-refractivity contribution is 7.89. The lowest BCUT2D eigenvalue weighted by molar-refractivity contribution is -0.123. The summed E-state index contributed by atoms with van der Waals surface area (Å²) in [5, 5.41) is 0. The van der Waals surface area contributed by atoms with Gasteiger partial charge in [0.2, 0.25) is 5.91 Å². The van der Waals surface area contributed by atoms with Crippen molar-refractivity contribution in [2.75, 3.05) is 0 Å². The first-order chi connectivity index (χ1) is 9.99. The van der Waals surface area contributed by atoms with Gasteiger partial charge in [-0.05, 0) is 19.3 Å². The van der Waals surface area contributed by atoms with Crippen molar-refractivity contribution >= 4 is 15.9 Å². The van der Waals surface area contributed by atoms with E-state index in [4.69, 9.17) is 4.74 Å². The first-order valence-corrected chi connectivity index (χ1v) is 8.40. The van der Waals surface area contributed by atoms with Crippen LogP contribution in [0.15, 0.2) is 23.4 Å². The molecule has 0 fully saturated rings. The second-order valence-electron chi connectivity index (χ2n) is 6.41. The van der Waals surface area contributed by atoms with E-state index in [1.807, 2.05) is 34.6 Å². The van der Waals surface area contributed by atoms with Gasteiger partial charge in [0, 0.05) is 18.7 Å². The average molecular weight is 329 g/mol. The number of hydrazine groups is 1. The van der Waals surface area contributed by atoms with E-state index in [-0.39, 0.29) is 22.8 Å². The Balaban J connectivity index is 2.76. The number of ether oxygens (including phenoxy) is 1. The summed E-state index contributed by atoms with van der Waals surface area (Å²) in [6.45, 7) is 9.31. The molecule has 2 N–H and O–H groups in total. The van der Waals surface area contributed by atoms with E-state index in [0.29, 0.717) is 5.75 Å². The van der Waals surface area contributed by atoms with Crippen molar-refractivity contribution < 1.29 is 17.9 Å². The molecule has 1 amide bonds.